The molecule has 0 aliphatic rings. The Morgan fingerprint density at radius 2 is 2.19 bits per heavy atom. The topological polar surface area (TPSA) is 46.9 Å². The number of imidazole rings is 1. The number of aryl methyl sites for hydroxylation is 1. The summed E-state index contributed by atoms with van der Waals surface area (Å²) in [7, 11) is 0. The summed E-state index contributed by atoms with van der Waals surface area (Å²) in [6.07, 6.45) is 5.39. The minimum absolute atomic E-state index is 0.0575. The predicted molar refractivity (Wildman–Crippen MR) is 64.2 cm³/mol. The van der Waals surface area contributed by atoms with Crippen LogP contribution in [-0.2, 0) is 11.2 Å². The van der Waals surface area contributed by atoms with Gasteiger partial charge in [-0.2, -0.15) is 0 Å². The Bertz CT molecular complexity index is 346. The third-order valence-electron chi connectivity index (χ3n) is 2.86. The van der Waals surface area contributed by atoms with Crippen LogP contribution in [0.2, 0.25) is 0 Å². The lowest BCUT2D eigenvalue weighted by molar-refractivity contribution is -0.124. The highest BCUT2D eigenvalue weighted by Gasteiger charge is 2.17. The molecule has 0 aromatic carbocycles. The van der Waals surface area contributed by atoms with Crippen molar-refractivity contribution in [3.05, 3.63) is 18.2 Å². The fourth-order valence-electron chi connectivity index (χ4n) is 1.56. The lowest BCUT2D eigenvalue weighted by Crippen LogP contribution is -2.37. The van der Waals surface area contributed by atoms with Crippen molar-refractivity contribution in [2.45, 2.75) is 52.6 Å². The lowest BCUT2D eigenvalue weighted by atomic mass is 10.2. The van der Waals surface area contributed by atoms with E-state index in [-0.39, 0.29) is 18.0 Å². The molecule has 0 fully saturated rings. The summed E-state index contributed by atoms with van der Waals surface area (Å²) in [4.78, 5) is 16.1. The Hall–Kier alpha value is -1.32. The Morgan fingerprint density at radius 3 is 2.75 bits per heavy atom. The second-order valence-corrected chi connectivity index (χ2v) is 4.10. The molecule has 1 rings (SSSR count). The zero-order valence-electron chi connectivity index (χ0n) is 10.5. The smallest absolute Gasteiger partial charge is 0.243 e. The van der Waals surface area contributed by atoms with Crippen LogP contribution in [0.3, 0.4) is 0 Å². The number of amides is 1. The average molecular weight is 223 g/mol. The molecule has 0 aliphatic carbocycles. The van der Waals surface area contributed by atoms with Crippen molar-refractivity contribution in [3.8, 4) is 0 Å². The minimum Gasteiger partial charge on any atom is -0.352 e. The number of carbonyl (C=O) groups is 1. The number of carbonyl (C=O) groups excluding carboxylic acids is 1. The van der Waals surface area contributed by atoms with Gasteiger partial charge < -0.3 is 9.88 Å². The van der Waals surface area contributed by atoms with Gasteiger partial charge in [-0.1, -0.05) is 13.8 Å². The van der Waals surface area contributed by atoms with Crippen molar-refractivity contribution >= 4 is 5.91 Å². The van der Waals surface area contributed by atoms with Gasteiger partial charge >= 0.3 is 0 Å². The number of hydrogen-bond acceptors (Lipinski definition) is 2. The maximum Gasteiger partial charge on any atom is 0.243 e. The van der Waals surface area contributed by atoms with Gasteiger partial charge in [-0.15, -0.1) is 0 Å². The van der Waals surface area contributed by atoms with Crippen molar-refractivity contribution in [2.24, 2.45) is 0 Å². The van der Waals surface area contributed by atoms with Crippen LogP contribution in [0.25, 0.3) is 0 Å². The first-order chi connectivity index (χ1) is 7.60. The molecule has 16 heavy (non-hydrogen) atoms. The summed E-state index contributed by atoms with van der Waals surface area (Å²) in [6.45, 7) is 8.01. The van der Waals surface area contributed by atoms with Gasteiger partial charge in [0.25, 0.3) is 0 Å². The molecule has 90 valence electrons. The molecule has 1 N–H and O–H groups in total. The SMILES string of the molecule is CCc1nccn1C(C)C(=O)NC(C)CC. The fourth-order valence-corrected chi connectivity index (χ4v) is 1.56. The van der Waals surface area contributed by atoms with Crippen LogP contribution < -0.4 is 5.32 Å². The monoisotopic (exact) mass is 223 g/mol. The van der Waals surface area contributed by atoms with Crippen LogP contribution in [0, 0.1) is 0 Å². The zero-order chi connectivity index (χ0) is 12.1. The standard InChI is InChI=1S/C12H21N3O/c1-5-9(3)14-12(16)10(4)15-8-7-13-11(15)6-2/h7-10H,5-6H2,1-4H3,(H,14,16). The molecule has 1 heterocycles. The molecule has 2 unspecified atom stereocenters. The first kappa shape index (κ1) is 12.7. The van der Waals surface area contributed by atoms with Crippen molar-refractivity contribution in [1.82, 2.24) is 14.9 Å². The normalized spacial score (nSPS) is 14.5. The molecular weight excluding hydrogens is 202 g/mol. The lowest BCUT2D eigenvalue weighted by Gasteiger charge is -2.18. The molecule has 2 atom stereocenters. The Morgan fingerprint density at radius 1 is 1.50 bits per heavy atom. The predicted octanol–water partition coefficient (Wildman–Crippen LogP) is 1.92. The highest BCUT2D eigenvalue weighted by Crippen LogP contribution is 2.10. The Balaban J connectivity index is 2.70. The number of nitrogens with zero attached hydrogens (tertiary/aromatic N) is 2. The minimum atomic E-state index is -0.188. The summed E-state index contributed by atoms with van der Waals surface area (Å²) in [5, 5.41) is 2.98. The van der Waals surface area contributed by atoms with E-state index < -0.39 is 0 Å². The van der Waals surface area contributed by atoms with Gasteiger partial charge in [0.1, 0.15) is 11.9 Å². The summed E-state index contributed by atoms with van der Waals surface area (Å²) in [5.41, 5.74) is 0. The van der Waals surface area contributed by atoms with E-state index in [2.05, 4.69) is 17.2 Å². The van der Waals surface area contributed by atoms with Gasteiger partial charge in [0.05, 0.1) is 0 Å². The number of hydrogen-bond donors (Lipinski definition) is 1. The first-order valence-electron chi connectivity index (χ1n) is 5.92. The maximum atomic E-state index is 11.9. The Labute approximate surface area is 97.1 Å². The molecule has 0 saturated heterocycles. The van der Waals surface area contributed by atoms with E-state index in [4.69, 9.17) is 0 Å². The molecule has 4 nitrogen and oxygen atoms in total. The largest absolute Gasteiger partial charge is 0.352 e. The molecule has 0 spiro atoms. The average Bonchev–Trinajstić information content (AvgIpc) is 2.75. The van der Waals surface area contributed by atoms with E-state index >= 15 is 0 Å². The quantitative estimate of drug-likeness (QED) is 0.829. The molecular formula is C12H21N3O. The van der Waals surface area contributed by atoms with E-state index in [1.807, 2.05) is 31.5 Å². The van der Waals surface area contributed by atoms with E-state index in [9.17, 15) is 4.79 Å². The molecule has 0 radical (unpaired) electrons. The van der Waals surface area contributed by atoms with E-state index in [0.29, 0.717) is 0 Å². The summed E-state index contributed by atoms with van der Waals surface area (Å²) in [5.74, 6) is 1.01. The van der Waals surface area contributed by atoms with Crippen LogP contribution >= 0.6 is 0 Å². The summed E-state index contributed by atoms with van der Waals surface area (Å²) < 4.78 is 1.93. The van der Waals surface area contributed by atoms with Crippen LogP contribution in [0.15, 0.2) is 12.4 Å². The fraction of sp³-hybridized carbons (Fsp3) is 0.667. The van der Waals surface area contributed by atoms with E-state index in [1.54, 1.807) is 6.20 Å². The molecule has 1 amide bonds. The number of aromatic nitrogens is 2. The van der Waals surface area contributed by atoms with Crippen molar-refractivity contribution in [1.29, 1.82) is 0 Å². The Kier molecular flexibility index (Phi) is 4.52. The van der Waals surface area contributed by atoms with Gasteiger partial charge in [0, 0.05) is 24.9 Å². The van der Waals surface area contributed by atoms with Gasteiger partial charge in [0.2, 0.25) is 5.91 Å². The summed E-state index contributed by atoms with van der Waals surface area (Å²) >= 11 is 0. The van der Waals surface area contributed by atoms with E-state index in [0.717, 1.165) is 18.7 Å². The van der Waals surface area contributed by atoms with Crippen LogP contribution in [0.4, 0.5) is 0 Å². The third-order valence-corrected chi connectivity index (χ3v) is 2.86. The molecule has 0 aliphatic heterocycles. The number of nitrogens with one attached hydrogen (secondary N) is 1. The van der Waals surface area contributed by atoms with Crippen LogP contribution in [0.5, 0.6) is 0 Å². The first-order valence-corrected chi connectivity index (χ1v) is 5.92. The van der Waals surface area contributed by atoms with E-state index in [1.165, 1.54) is 0 Å². The van der Waals surface area contributed by atoms with Gasteiger partial charge in [0.15, 0.2) is 0 Å². The van der Waals surface area contributed by atoms with Crippen LogP contribution in [-0.4, -0.2) is 21.5 Å². The highest BCUT2D eigenvalue weighted by molar-refractivity contribution is 5.80. The van der Waals surface area contributed by atoms with Gasteiger partial charge in [-0.05, 0) is 20.3 Å². The highest BCUT2D eigenvalue weighted by atomic mass is 16.2. The van der Waals surface area contributed by atoms with Gasteiger partial charge in [-0.3, -0.25) is 4.79 Å². The molecule has 1 aromatic heterocycles. The maximum absolute atomic E-state index is 11.9. The van der Waals surface area contributed by atoms with Crippen molar-refractivity contribution in [3.63, 3.8) is 0 Å². The zero-order valence-corrected chi connectivity index (χ0v) is 10.5. The number of rotatable bonds is 5. The second kappa shape index (κ2) is 5.68. The van der Waals surface area contributed by atoms with Gasteiger partial charge in [-0.25, -0.2) is 4.98 Å². The molecule has 4 heteroatoms. The second-order valence-electron chi connectivity index (χ2n) is 4.10. The van der Waals surface area contributed by atoms with Crippen molar-refractivity contribution < 1.29 is 4.79 Å². The van der Waals surface area contributed by atoms with Crippen LogP contribution in [0.1, 0.15) is 46.0 Å². The summed E-state index contributed by atoms with van der Waals surface area (Å²) in [6, 6.07) is 0.0370. The molecule has 1 aromatic rings. The molecule has 0 saturated carbocycles. The van der Waals surface area contributed by atoms with Crippen molar-refractivity contribution in [2.75, 3.05) is 0 Å². The molecule has 0 bridgehead atoms. The third kappa shape index (κ3) is 2.84.